The average molecular weight is 384 g/mol. The summed E-state index contributed by atoms with van der Waals surface area (Å²) in [7, 11) is 2.66. The van der Waals surface area contributed by atoms with Gasteiger partial charge in [0.15, 0.2) is 6.29 Å². The molecule has 12 heteroatoms. The molecule has 0 spiro atoms. The van der Waals surface area contributed by atoms with Crippen molar-refractivity contribution in [2.24, 2.45) is 5.73 Å². The largest absolute Gasteiger partial charge is 0.353 e. The first kappa shape index (κ1) is 25.1. The average Bonchev–Trinajstić information content (AvgIpc) is 2.60. The number of hydrogen-bond acceptors (Lipinski definition) is 11. The number of carbonyl (C=O) groups is 1. The van der Waals surface area contributed by atoms with Gasteiger partial charge in [-0.25, -0.2) is 4.84 Å². The zero-order valence-corrected chi connectivity index (χ0v) is 16.3. The topological polar surface area (TPSA) is 137 Å². The van der Waals surface area contributed by atoms with Gasteiger partial charge in [-0.15, -0.1) is 0 Å². The van der Waals surface area contributed by atoms with E-state index in [4.69, 9.17) is 34.6 Å². The Labute approximate surface area is 153 Å². The predicted molar refractivity (Wildman–Crippen MR) is 88.4 cm³/mol. The van der Waals surface area contributed by atoms with Crippen molar-refractivity contribution in [1.29, 1.82) is 0 Å². The van der Waals surface area contributed by atoms with Crippen LogP contribution in [0.5, 0.6) is 0 Å². The zero-order chi connectivity index (χ0) is 20.2. The van der Waals surface area contributed by atoms with E-state index in [1.807, 2.05) is 0 Å². The van der Waals surface area contributed by atoms with E-state index < -0.39 is 24.1 Å². The monoisotopic (exact) mass is 384 g/mol. The quantitative estimate of drug-likeness (QED) is 0.198. The molecule has 0 radical (unpaired) electrons. The molecule has 2 unspecified atom stereocenters. The molecule has 4 N–H and O–H groups in total. The van der Waals surface area contributed by atoms with Crippen molar-refractivity contribution in [3.8, 4) is 0 Å². The summed E-state index contributed by atoms with van der Waals surface area (Å²) in [6.07, 6.45) is -0.602. The fourth-order valence-electron chi connectivity index (χ4n) is 1.60. The molecule has 0 fully saturated rings. The third-order valence-corrected chi connectivity index (χ3v) is 2.71. The van der Waals surface area contributed by atoms with Gasteiger partial charge in [-0.3, -0.25) is 25.4 Å². The van der Waals surface area contributed by atoms with Gasteiger partial charge in [-0.05, 0) is 32.4 Å². The maximum Gasteiger partial charge on any atom is 0.329 e. The Bertz CT molecular complexity index is 390. The number of ether oxygens (including phenoxy) is 2. The summed E-state index contributed by atoms with van der Waals surface area (Å²) in [5.74, 6) is -3.41. The molecular formula is C14H32N4O8. The van der Waals surface area contributed by atoms with Crippen molar-refractivity contribution in [2.75, 3.05) is 34.0 Å². The molecule has 0 aliphatic carbocycles. The van der Waals surface area contributed by atoms with E-state index in [-0.39, 0.29) is 18.4 Å². The highest BCUT2D eigenvalue weighted by Gasteiger charge is 2.48. The van der Waals surface area contributed by atoms with Crippen LogP contribution in [0.2, 0.25) is 0 Å². The Morgan fingerprint density at radius 3 is 2.38 bits per heavy atom. The molecule has 156 valence electrons. The minimum atomic E-state index is -2.27. The predicted octanol–water partition coefficient (Wildman–Crippen LogP) is -0.108. The molecule has 0 rings (SSSR count). The molecule has 0 aromatic carbocycles. The van der Waals surface area contributed by atoms with Gasteiger partial charge >= 0.3 is 5.91 Å². The van der Waals surface area contributed by atoms with Crippen molar-refractivity contribution in [3.63, 3.8) is 0 Å². The Morgan fingerprint density at radius 2 is 1.92 bits per heavy atom. The number of nitrogens with zero attached hydrogens (tertiary/aromatic N) is 2. The zero-order valence-electron chi connectivity index (χ0n) is 16.3. The van der Waals surface area contributed by atoms with Crippen molar-refractivity contribution in [2.45, 2.75) is 52.3 Å². The highest BCUT2D eigenvalue weighted by molar-refractivity contribution is 5.82. The summed E-state index contributed by atoms with van der Waals surface area (Å²) in [5, 5.41) is 10.5. The number of rotatable bonds is 15. The Hall–Kier alpha value is -0.930. The SMILES string of the molecule is CCCON(O)C(=O)C(N)(NOC)N(OCC(OC)OCC)OC(C)C. The molecule has 0 saturated carbocycles. The molecule has 2 atom stereocenters. The van der Waals surface area contributed by atoms with E-state index in [1.54, 1.807) is 27.7 Å². The highest BCUT2D eigenvalue weighted by atomic mass is 17.0. The summed E-state index contributed by atoms with van der Waals surface area (Å²) in [6, 6.07) is 0. The fraction of sp³-hybridized carbons (Fsp3) is 0.929. The molecule has 0 aliphatic heterocycles. The van der Waals surface area contributed by atoms with E-state index in [1.165, 1.54) is 14.2 Å². The summed E-state index contributed by atoms with van der Waals surface area (Å²) in [6.45, 7) is 7.28. The summed E-state index contributed by atoms with van der Waals surface area (Å²) in [5.41, 5.74) is 8.28. The van der Waals surface area contributed by atoms with Crippen LogP contribution in [0.25, 0.3) is 0 Å². The molecule has 0 aliphatic rings. The van der Waals surface area contributed by atoms with Crippen LogP contribution in [0.1, 0.15) is 34.1 Å². The van der Waals surface area contributed by atoms with Crippen LogP contribution >= 0.6 is 0 Å². The van der Waals surface area contributed by atoms with Crippen LogP contribution < -0.4 is 11.2 Å². The van der Waals surface area contributed by atoms with Gasteiger partial charge in [0, 0.05) is 13.7 Å². The minimum absolute atomic E-state index is 0.00802. The third-order valence-electron chi connectivity index (χ3n) is 2.71. The van der Waals surface area contributed by atoms with E-state index in [0.29, 0.717) is 18.3 Å². The number of nitrogens with two attached hydrogens (primary N) is 1. The Balaban J connectivity index is 5.37. The molecule has 0 bridgehead atoms. The van der Waals surface area contributed by atoms with Crippen LogP contribution in [0.3, 0.4) is 0 Å². The lowest BCUT2D eigenvalue weighted by molar-refractivity contribution is -0.447. The third kappa shape index (κ3) is 8.18. The number of methoxy groups -OCH3 is 1. The Kier molecular flexibility index (Phi) is 12.8. The van der Waals surface area contributed by atoms with Gasteiger partial charge in [0.1, 0.15) is 6.61 Å². The van der Waals surface area contributed by atoms with E-state index in [9.17, 15) is 10.0 Å². The molecule has 12 nitrogen and oxygen atoms in total. The van der Waals surface area contributed by atoms with Gasteiger partial charge in [0.25, 0.3) is 5.79 Å². The van der Waals surface area contributed by atoms with Gasteiger partial charge in [-0.2, -0.15) is 5.48 Å². The minimum Gasteiger partial charge on any atom is -0.353 e. The smallest absolute Gasteiger partial charge is 0.329 e. The Morgan fingerprint density at radius 1 is 1.27 bits per heavy atom. The maximum absolute atomic E-state index is 12.5. The maximum atomic E-state index is 12.5. The molecular weight excluding hydrogens is 352 g/mol. The first-order valence-corrected chi connectivity index (χ1v) is 8.26. The van der Waals surface area contributed by atoms with Crippen LogP contribution in [-0.2, 0) is 33.6 Å². The van der Waals surface area contributed by atoms with Crippen molar-refractivity contribution >= 4 is 5.91 Å². The van der Waals surface area contributed by atoms with E-state index in [2.05, 4.69) is 5.48 Å². The number of nitrogens with one attached hydrogen (secondary N) is 1. The van der Waals surface area contributed by atoms with Gasteiger partial charge < -0.3 is 14.3 Å². The molecule has 0 heterocycles. The lowest BCUT2D eigenvalue weighted by atomic mass is 10.3. The molecule has 0 aromatic rings. The standard InChI is InChI=1S/C14H32N4O8/c1-7-9-24-17(20)13(19)14(15,16-22-6)18(26-11(3)4)25-10-12(21-5)23-8-2/h11-12,16,20H,7-10,15H2,1-6H3. The van der Waals surface area contributed by atoms with E-state index in [0.717, 1.165) is 0 Å². The second-order valence-corrected chi connectivity index (χ2v) is 5.31. The second-order valence-electron chi connectivity index (χ2n) is 5.31. The number of carbonyl (C=O) groups excluding carboxylic acids is 1. The molecule has 1 amide bonds. The fourth-order valence-corrected chi connectivity index (χ4v) is 1.60. The normalized spacial score (nSPS) is 15.3. The van der Waals surface area contributed by atoms with Gasteiger partial charge in [0.05, 0.1) is 19.8 Å². The van der Waals surface area contributed by atoms with Crippen LogP contribution in [-0.4, -0.2) is 73.8 Å². The van der Waals surface area contributed by atoms with Gasteiger partial charge in [-0.1, -0.05) is 12.2 Å². The summed E-state index contributed by atoms with van der Waals surface area (Å²) in [4.78, 5) is 33.0. The van der Waals surface area contributed by atoms with Crippen LogP contribution in [0, 0.1) is 0 Å². The second kappa shape index (κ2) is 13.3. The number of hydrogen-bond donors (Lipinski definition) is 3. The summed E-state index contributed by atoms with van der Waals surface area (Å²) < 4.78 is 10.4. The summed E-state index contributed by atoms with van der Waals surface area (Å²) >= 11 is 0. The number of amides is 1. The first-order chi connectivity index (χ1) is 12.3. The number of hydroxylamine groups is 5. The molecule has 26 heavy (non-hydrogen) atoms. The lowest BCUT2D eigenvalue weighted by Crippen LogP contribution is -2.73. The van der Waals surface area contributed by atoms with Gasteiger partial charge in [0.2, 0.25) is 0 Å². The molecule has 0 saturated heterocycles. The van der Waals surface area contributed by atoms with Crippen LogP contribution in [0.15, 0.2) is 0 Å². The van der Waals surface area contributed by atoms with Crippen molar-refractivity contribution in [3.05, 3.63) is 0 Å². The molecule has 0 aromatic heterocycles. The van der Waals surface area contributed by atoms with Crippen molar-refractivity contribution in [1.82, 2.24) is 15.9 Å². The van der Waals surface area contributed by atoms with Crippen molar-refractivity contribution < 1.29 is 38.8 Å². The van der Waals surface area contributed by atoms with Crippen LogP contribution in [0.4, 0.5) is 0 Å². The highest BCUT2D eigenvalue weighted by Crippen LogP contribution is 2.15. The first-order valence-electron chi connectivity index (χ1n) is 8.26. The lowest BCUT2D eigenvalue weighted by Gasteiger charge is -2.38. The van der Waals surface area contributed by atoms with E-state index >= 15 is 0 Å².